The zero-order valence-electron chi connectivity index (χ0n) is 11.8. The molecular formula is C16H14ClNO4. The van der Waals surface area contributed by atoms with E-state index in [4.69, 9.17) is 21.4 Å². The number of hydrogen-bond donors (Lipinski definition) is 2. The summed E-state index contributed by atoms with van der Waals surface area (Å²) in [5, 5.41) is 12.1. The fourth-order valence-corrected chi connectivity index (χ4v) is 2.08. The molecule has 2 aromatic rings. The summed E-state index contributed by atoms with van der Waals surface area (Å²) in [5.41, 5.74) is 1.07. The second-order valence-electron chi connectivity index (χ2n) is 4.55. The Morgan fingerprint density at radius 3 is 2.59 bits per heavy atom. The number of carbonyl (C=O) groups excluding carboxylic acids is 1. The van der Waals surface area contributed by atoms with Gasteiger partial charge in [0.15, 0.2) is 6.61 Å². The molecule has 2 rings (SSSR count). The molecule has 0 bridgehead atoms. The van der Waals surface area contributed by atoms with E-state index in [1.807, 2.05) is 0 Å². The first-order valence-electron chi connectivity index (χ1n) is 6.49. The lowest BCUT2D eigenvalue weighted by molar-refractivity contribution is -0.118. The Balaban J connectivity index is 2.02. The van der Waals surface area contributed by atoms with Gasteiger partial charge in [-0.25, -0.2) is 4.79 Å². The molecule has 0 aromatic heterocycles. The molecule has 0 saturated heterocycles. The molecule has 2 N–H and O–H groups in total. The van der Waals surface area contributed by atoms with E-state index in [2.05, 4.69) is 5.32 Å². The molecule has 2 aromatic carbocycles. The maximum absolute atomic E-state index is 11.9. The molecule has 0 aliphatic rings. The Hall–Kier alpha value is -2.53. The van der Waals surface area contributed by atoms with Crippen molar-refractivity contribution >= 4 is 29.2 Å². The molecular weight excluding hydrogens is 306 g/mol. The minimum atomic E-state index is -1.04. The number of rotatable bonds is 5. The summed E-state index contributed by atoms with van der Waals surface area (Å²) < 4.78 is 5.33. The van der Waals surface area contributed by atoms with E-state index in [1.54, 1.807) is 43.3 Å². The van der Waals surface area contributed by atoms with Gasteiger partial charge in [0.2, 0.25) is 0 Å². The van der Waals surface area contributed by atoms with E-state index in [9.17, 15) is 9.59 Å². The lowest BCUT2D eigenvalue weighted by Gasteiger charge is -2.11. The molecule has 0 fully saturated rings. The van der Waals surface area contributed by atoms with E-state index in [-0.39, 0.29) is 12.2 Å². The Labute approximate surface area is 132 Å². The van der Waals surface area contributed by atoms with Crippen LogP contribution >= 0.6 is 11.6 Å². The Morgan fingerprint density at radius 1 is 1.18 bits per heavy atom. The Kier molecular flexibility index (Phi) is 5.01. The third kappa shape index (κ3) is 3.77. The second kappa shape index (κ2) is 6.95. The maximum Gasteiger partial charge on any atom is 0.336 e. The van der Waals surface area contributed by atoms with E-state index >= 15 is 0 Å². The van der Waals surface area contributed by atoms with Crippen LogP contribution in [0.25, 0.3) is 0 Å². The molecule has 114 valence electrons. The van der Waals surface area contributed by atoms with Crippen molar-refractivity contribution in [3.05, 3.63) is 58.6 Å². The van der Waals surface area contributed by atoms with Crippen molar-refractivity contribution in [2.24, 2.45) is 0 Å². The third-order valence-electron chi connectivity index (χ3n) is 3.03. The molecule has 22 heavy (non-hydrogen) atoms. The van der Waals surface area contributed by atoms with Crippen molar-refractivity contribution in [1.82, 2.24) is 0 Å². The smallest absolute Gasteiger partial charge is 0.336 e. The van der Waals surface area contributed by atoms with Gasteiger partial charge in [0.1, 0.15) is 5.75 Å². The summed E-state index contributed by atoms with van der Waals surface area (Å²) in [6.45, 7) is 1.41. The third-order valence-corrected chi connectivity index (χ3v) is 3.35. The zero-order valence-corrected chi connectivity index (χ0v) is 12.6. The van der Waals surface area contributed by atoms with Crippen LogP contribution in [-0.4, -0.2) is 23.6 Å². The molecule has 0 aliphatic carbocycles. The number of carboxylic acids is 1. The van der Waals surface area contributed by atoms with E-state index < -0.39 is 11.9 Å². The van der Waals surface area contributed by atoms with E-state index in [0.29, 0.717) is 22.0 Å². The Morgan fingerprint density at radius 2 is 1.91 bits per heavy atom. The van der Waals surface area contributed by atoms with Gasteiger partial charge in [0.05, 0.1) is 10.6 Å². The SMILES string of the molecule is Cc1c(NC(=O)COc2ccccc2Cl)cccc1C(=O)O. The predicted molar refractivity (Wildman–Crippen MR) is 83.7 cm³/mol. The van der Waals surface area contributed by atoms with Crippen LogP contribution in [0.4, 0.5) is 5.69 Å². The molecule has 0 unspecified atom stereocenters. The number of amides is 1. The summed E-state index contributed by atoms with van der Waals surface area (Å²) in [7, 11) is 0. The number of carbonyl (C=O) groups is 2. The number of ether oxygens (including phenoxy) is 1. The summed E-state index contributed by atoms with van der Waals surface area (Å²) in [6, 6.07) is 11.5. The van der Waals surface area contributed by atoms with Crippen molar-refractivity contribution in [2.75, 3.05) is 11.9 Å². The molecule has 0 radical (unpaired) electrons. The molecule has 0 spiro atoms. The van der Waals surface area contributed by atoms with Crippen LogP contribution in [0, 0.1) is 6.92 Å². The lowest BCUT2D eigenvalue weighted by Crippen LogP contribution is -2.21. The van der Waals surface area contributed by atoms with Gasteiger partial charge in [-0.1, -0.05) is 29.8 Å². The summed E-state index contributed by atoms with van der Waals surface area (Å²) >= 11 is 5.93. The van der Waals surface area contributed by atoms with Gasteiger partial charge in [0, 0.05) is 5.69 Å². The number of halogens is 1. The van der Waals surface area contributed by atoms with E-state index in [0.717, 1.165) is 0 Å². The largest absolute Gasteiger partial charge is 0.482 e. The minimum absolute atomic E-state index is 0.143. The van der Waals surface area contributed by atoms with Crippen LogP contribution in [0.3, 0.4) is 0 Å². The number of benzene rings is 2. The fourth-order valence-electron chi connectivity index (χ4n) is 1.89. The van der Waals surface area contributed by atoms with Gasteiger partial charge in [-0.2, -0.15) is 0 Å². The first kappa shape index (κ1) is 15.9. The molecule has 6 heteroatoms. The zero-order chi connectivity index (χ0) is 16.1. The van der Waals surface area contributed by atoms with Gasteiger partial charge in [-0.3, -0.25) is 4.79 Å². The van der Waals surface area contributed by atoms with Crippen LogP contribution in [0.5, 0.6) is 5.75 Å². The first-order valence-corrected chi connectivity index (χ1v) is 6.87. The normalized spacial score (nSPS) is 10.1. The number of nitrogens with one attached hydrogen (secondary N) is 1. The van der Waals surface area contributed by atoms with Crippen molar-refractivity contribution < 1.29 is 19.4 Å². The average molecular weight is 320 g/mol. The second-order valence-corrected chi connectivity index (χ2v) is 4.96. The number of aromatic carboxylic acids is 1. The van der Waals surface area contributed by atoms with Crippen LogP contribution in [-0.2, 0) is 4.79 Å². The molecule has 1 amide bonds. The summed E-state index contributed by atoms with van der Waals surface area (Å²) in [5.74, 6) is -1.03. The van der Waals surface area contributed by atoms with Gasteiger partial charge < -0.3 is 15.2 Å². The highest BCUT2D eigenvalue weighted by molar-refractivity contribution is 6.32. The molecule has 0 atom stereocenters. The topological polar surface area (TPSA) is 75.6 Å². The fraction of sp³-hybridized carbons (Fsp3) is 0.125. The highest BCUT2D eigenvalue weighted by atomic mass is 35.5. The van der Waals surface area contributed by atoms with Crippen LogP contribution in [0.2, 0.25) is 5.02 Å². The average Bonchev–Trinajstić information content (AvgIpc) is 2.48. The minimum Gasteiger partial charge on any atom is -0.482 e. The maximum atomic E-state index is 11.9. The highest BCUT2D eigenvalue weighted by Gasteiger charge is 2.12. The van der Waals surface area contributed by atoms with Crippen LogP contribution in [0.15, 0.2) is 42.5 Å². The van der Waals surface area contributed by atoms with Crippen LogP contribution in [0.1, 0.15) is 15.9 Å². The van der Waals surface area contributed by atoms with Gasteiger partial charge in [-0.15, -0.1) is 0 Å². The number of para-hydroxylation sites is 1. The first-order chi connectivity index (χ1) is 10.5. The number of anilines is 1. The van der Waals surface area contributed by atoms with Gasteiger partial charge in [-0.05, 0) is 36.8 Å². The number of hydrogen-bond acceptors (Lipinski definition) is 3. The van der Waals surface area contributed by atoms with Crippen molar-refractivity contribution in [1.29, 1.82) is 0 Å². The highest BCUT2D eigenvalue weighted by Crippen LogP contribution is 2.23. The lowest BCUT2D eigenvalue weighted by atomic mass is 10.1. The summed E-state index contributed by atoms with van der Waals surface area (Å²) in [4.78, 5) is 23.0. The van der Waals surface area contributed by atoms with Crippen molar-refractivity contribution in [3.8, 4) is 5.75 Å². The molecule has 0 heterocycles. The van der Waals surface area contributed by atoms with Crippen molar-refractivity contribution in [2.45, 2.75) is 6.92 Å². The van der Waals surface area contributed by atoms with E-state index in [1.165, 1.54) is 6.07 Å². The van der Waals surface area contributed by atoms with Gasteiger partial charge in [0.25, 0.3) is 5.91 Å². The predicted octanol–water partition coefficient (Wildman–Crippen LogP) is 3.36. The monoisotopic (exact) mass is 319 g/mol. The quantitative estimate of drug-likeness (QED) is 0.886. The molecule has 5 nitrogen and oxygen atoms in total. The Bertz CT molecular complexity index is 715. The van der Waals surface area contributed by atoms with Gasteiger partial charge >= 0.3 is 5.97 Å². The van der Waals surface area contributed by atoms with Crippen molar-refractivity contribution in [3.63, 3.8) is 0 Å². The number of carboxylic acid groups (broad SMARTS) is 1. The standard InChI is InChI=1S/C16H14ClNO4/c1-10-11(16(20)21)5-4-7-13(10)18-15(19)9-22-14-8-3-2-6-12(14)17/h2-8H,9H2,1H3,(H,18,19)(H,20,21). The molecule has 0 aliphatic heterocycles. The molecule has 0 saturated carbocycles. The van der Waals surface area contributed by atoms with Crippen LogP contribution < -0.4 is 10.1 Å². The summed E-state index contributed by atoms with van der Waals surface area (Å²) in [6.07, 6.45) is 0.